The number of benzene rings is 2. The summed E-state index contributed by atoms with van der Waals surface area (Å²) in [5, 5.41) is 0. The summed E-state index contributed by atoms with van der Waals surface area (Å²) in [5.74, 6) is 0.972. The predicted molar refractivity (Wildman–Crippen MR) is 77.8 cm³/mol. The van der Waals surface area contributed by atoms with E-state index in [0.717, 1.165) is 40.8 Å². The molecule has 1 heterocycles. The van der Waals surface area contributed by atoms with E-state index in [1.807, 2.05) is 42.5 Å². The lowest BCUT2D eigenvalue weighted by atomic mass is 9.98. The van der Waals surface area contributed by atoms with Gasteiger partial charge < -0.3 is 4.74 Å². The number of carbonyl (C=O) groups excluding carboxylic acids is 1. The van der Waals surface area contributed by atoms with Gasteiger partial charge in [0.2, 0.25) is 0 Å². The van der Waals surface area contributed by atoms with Gasteiger partial charge in [0.15, 0.2) is 5.78 Å². The van der Waals surface area contributed by atoms with Crippen LogP contribution in [0.15, 0.2) is 46.9 Å². The van der Waals surface area contributed by atoms with E-state index in [0.29, 0.717) is 5.56 Å². The second-order valence-corrected chi connectivity index (χ2v) is 5.53. The van der Waals surface area contributed by atoms with E-state index >= 15 is 0 Å². The van der Waals surface area contributed by atoms with E-state index in [2.05, 4.69) is 15.9 Å². The minimum Gasteiger partial charge on any atom is -0.493 e. The molecule has 0 saturated carbocycles. The van der Waals surface area contributed by atoms with Gasteiger partial charge in [0, 0.05) is 15.6 Å². The first-order valence-corrected chi connectivity index (χ1v) is 7.09. The normalized spacial score (nSPS) is 13.5. The Labute approximate surface area is 120 Å². The van der Waals surface area contributed by atoms with Crippen LogP contribution in [0, 0.1) is 0 Å². The smallest absolute Gasteiger partial charge is 0.193 e. The molecule has 0 aromatic heterocycles. The third kappa shape index (κ3) is 2.56. The molecule has 0 spiro atoms. The van der Waals surface area contributed by atoms with Crippen molar-refractivity contribution in [2.24, 2.45) is 0 Å². The van der Waals surface area contributed by atoms with Crippen LogP contribution in [0.4, 0.5) is 0 Å². The lowest BCUT2D eigenvalue weighted by Crippen LogP contribution is -2.10. The molecule has 1 aliphatic heterocycles. The van der Waals surface area contributed by atoms with Crippen LogP contribution in [0.2, 0.25) is 0 Å². The monoisotopic (exact) mass is 316 g/mol. The Hall–Kier alpha value is -1.61. The molecule has 1 aliphatic rings. The van der Waals surface area contributed by atoms with Gasteiger partial charge in [-0.3, -0.25) is 4.79 Å². The van der Waals surface area contributed by atoms with Crippen molar-refractivity contribution in [2.45, 2.75) is 12.8 Å². The highest BCUT2D eigenvalue weighted by Gasteiger charge is 2.14. The average molecular weight is 317 g/mol. The molecule has 3 rings (SSSR count). The maximum Gasteiger partial charge on any atom is 0.193 e. The molecule has 96 valence electrons. The van der Waals surface area contributed by atoms with Gasteiger partial charge in [-0.25, -0.2) is 0 Å². The Kier molecular flexibility index (Phi) is 3.38. The zero-order valence-corrected chi connectivity index (χ0v) is 11.9. The molecule has 0 N–H and O–H groups in total. The summed E-state index contributed by atoms with van der Waals surface area (Å²) < 4.78 is 6.54. The highest BCUT2D eigenvalue weighted by atomic mass is 79.9. The average Bonchev–Trinajstić information content (AvgIpc) is 2.47. The Balaban J connectivity index is 1.93. The fourth-order valence-electron chi connectivity index (χ4n) is 2.27. The third-order valence-electron chi connectivity index (χ3n) is 3.28. The molecular weight excluding hydrogens is 304 g/mol. The van der Waals surface area contributed by atoms with Crippen molar-refractivity contribution in [3.8, 4) is 5.75 Å². The second kappa shape index (κ2) is 5.17. The maximum atomic E-state index is 12.4. The van der Waals surface area contributed by atoms with E-state index in [-0.39, 0.29) is 5.78 Å². The van der Waals surface area contributed by atoms with Gasteiger partial charge in [0.25, 0.3) is 0 Å². The molecule has 2 aromatic carbocycles. The number of ether oxygens (including phenoxy) is 1. The first-order chi connectivity index (χ1) is 9.24. The molecule has 0 fully saturated rings. The first-order valence-electron chi connectivity index (χ1n) is 6.30. The molecule has 0 bridgehead atoms. The Morgan fingerprint density at radius 2 is 1.79 bits per heavy atom. The number of ketones is 1. The van der Waals surface area contributed by atoms with Gasteiger partial charge >= 0.3 is 0 Å². The summed E-state index contributed by atoms with van der Waals surface area (Å²) in [6.45, 7) is 0.771. The molecular formula is C16H13BrO2. The summed E-state index contributed by atoms with van der Waals surface area (Å²) in [5.41, 5.74) is 2.57. The molecule has 3 heteroatoms. The van der Waals surface area contributed by atoms with Crippen molar-refractivity contribution in [3.05, 3.63) is 63.6 Å². The van der Waals surface area contributed by atoms with Crippen LogP contribution in [-0.2, 0) is 6.42 Å². The zero-order valence-electron chi connectivity index (χ0n) is 10.4. The van der Waals surface area contributed by atoms with Gasteiger partial charge in [-0.1, -0.05) is 15.9 Å². The standard InChI is InChI=1S/C16H13BrO2/c17-14-6-3-11(4-7-14)16(18)13-5-8-15-12(10-13)2-1-9-19-15/h3-8,10H,1-2,9H2. The van der Waals surface area contributed by atoms with Crippen molar-refractivity contribution in [1.82, 2.24) is 0 Å². The first kappa shape index (κ1) is 12.4. The second-order valence-electron chi connectivity index (χ2n) is 4.61. The van der Waals surface area contributed by atoms with Crippen molar-refractivity contribution in [3.63, 3.8) is 0 Å². The minimum atomic E-state index is 0.0564. The van der Waals surface area contributed by atoms with E-state index in [9.17, 15) is 4.79 Å². The van der Waals surface area contributed by atoms with Crippen LogP contribution in [0.25, 0.3) is 0 Å². The van der Waals surface area contributed by atoms with Gasteiger partial charge in [-0.05, 0) is 60.9 Å². The minimum absolute atomic E-state index is 0.0564. The molecule has 0 atom stereocenters. The summed E-state index contributed by atoms with van der Waals surface area (Å²) in [6.07, 6.45) is 2.00. The Morgan fingerprint density at radius 3 is 2.58 bits per heavy atom. The number of halogens is 1. The summed E-state index contributed by atoms with van der Waals surface area (Å²) in [6, 6.07) is 13.1. The predicted octanol–water partition coefficient (Wildman–Crippen LogP) is 4.01. The summed E-state index contributed by atoms with van der Waals surface area (Å²) >= 11 is 3.37. The number of hydrogen-bond acceptors (Lipinski definition) is 2. The van der Waals surface area contributed by atoms with Gasteiger partial charge in [-0.2, -0.15) is 0 Å². The van der Waals surface area contributed by atoms with Crippen molar-refractivity contribution in [2.75, 3.05) is 6.61 Å². The fraction of sp³-hybridized carbons (Fsp3) is 0.188. The summed E-state index contributed by atoms with van der Waals surface area (Å²) in [7, 11) is 0. The van der Waals surface area contributed by atoms with Crippen LogP contribution in [0.3, 0.4) is 0 Å². The largest absolute Gasteiger partial charge is 0.493 e. The molecule has 0 saturated heterocycles. The lowest BCUT2D eigenvalue weighted by Gasteiger charge is -2.17. The van der Waals surface area contributed by atoms with Crippen LogP contribution < -0.4 is 4.74 Å². The van der Waals surface area contributed by atoms with E-state index in [1.165, 1.54) is 0 Å². The molecule has 2 nitrogen and oxygen atoms in total. The number of hydrogen-bond donors (Lipinski definition) is 0. The van der Waals surface area contributed by atoms with Gasteiger partial charge in [-0.15, -0.1) is 0 Å². The molecule has 0 aliphatic carbocycles. The van der Waals surface area contributed by atoms with Crippen molar-refractivity contribution >= 4 is 21.7 Å². The highest BCUT2D eigenvalue weighted by molar-refractivity contribution is 9.10. The van der Waals surface area contributed by atoms with Crippen LogP contribution >= 0.6 is 15.9 Å². The molecule has 2 aromatic rings. The molecule has 19 heavy (non-hydrogen) atoms. The van der Waals surface area contributed by atoms with Gasteiger partial charge in [0.05, 0.1) is 6.61 Å². The number of fused-ring (bicyclic) bond motifs is 1. The summed E-state index contributed by atoms with van der Waals surface area (Å²) in [4.78, 5) is 12.4. The van der Waals surface area contributed by atoms with Crippen molar-refractivity contribution < 1.29 is 9.53 Å². The van der Waals surface area contributed by atoms with Crippen LogP contribution in [0.1, 0.15) is 27.9 Å². The molecule has 0 radical (unpaired) electrons. The fourth-order valence-corrected chi connectivity index (χ4v) is 2.53. The van der Waals surface area contributed by atoms with E-state index in [1.54, 1.807) is 0 Å². The quantitative estimate of drug-likeness (QED) is 0.783. The Bertz CT molecular complexity index is 617. The lowest BCUT2D eigenvalue weighted by molar-refractivity contribution is 0.103. The van der Waals surface area contributed by atoms with Crippen LogP contribution in [-0.4, -0.2) is 12.4 Å². The highest BCUT2D eigenvalue weighted by Crippen LogP contribution is 2.26. The maximum absolute atomic E-state index is 12.4. The van der Waals surface area contributed by atoms with E-state index < -0.39 is 0 Å². The Morgan fingerprint density at radius 1 is 1.05 bits per heavy atom. The zero-order chi connectivity index (χ0) is 13.2. The van der Waals surface area contributed by atoms with E-state index in [4.69, 9.17) is 4.74 Å². The SMILES string of the molecule is O=C(c1ccc(Br)cc1)c1ccc2c(c1)CCCO2. The van der Waals surface area contributed by atoms with Crippen LogP contribution in [0.5, 0.6) is 5.75 Å². The number of rotatable bonds is 2. The van der Waals surface area contributed by atoms with Crippen molar-refractivity contribution in [1.29, 1.82) is 0 Å². The number of carbonyl (C=O) groups is 1. The topological polar surface area (TPSA) is 26.3 Å². The molecule has 0 amide bonds. The number of aryl methyl sites for hydroxylation is 1. The van der Waals surface area contributed by atoms with Gasteiger partial charge in [0.1, 0.15) is 5.75 Å². The third-order valence-corrected chi connectivity index (χ3v) is 3.81. The molecule has 0 unspecified atom stereocenters.